The van der Waals surface area contributed by atoms with Crippen molar-refractivity contribution in [2.45, 2.75) is 32.6 Å². The topological polar surface area (TPSA) is 82.8 Å². The third-order valence-electron chi connectivity index (χ3n) is 5.52. The quantitative estimate of drug-likeness (QED) is 0.856. The molecule has 1 atom stereocenters. The monoisotopic (exact) mass is 379 g/mol. The summed E-state index contributed by atoms with van der Waals surface area (Å²) in [4.78, 5) is 36.2. The van der Waals surface area contributed by atoms with Crippen molar-refractivity contribution in [2.75, 3.05) is 52.6 Å². The van der Waals surface area contributed by atoms with E-state index >= 15 is 0 Å². The Morgan fingerprint density at radius 3 is 2.77 bits per heavy atom. The predicted octanol–water partition coefficient (Wildman–Crippen LogP) is 1.44. The van der Waals surface area contributed by atoms with Crippen LogP contribution in [-0.2, 0) is 4.79 Å². The molecule has 8 heteroatoms. The van der Waals surface area contributed by atoms with Gasteiger partial charge in [0.1, 0.15) is 4.88 Å². The molecule has 0 unspecified atom stereocenters. The van der Waals surface area contributed by atoms with Gasteiger partial charge in [-0.05, 0) is 40.3 Å². The smallest absolute Gasteiger partial charge is 0.265 e. The Balaban J connectivity index is 1.71. The number of hydrogen-bond acceptors (Lipinski definition) is 6. The van der Waals surface area contributed by atoms with Gasteiger partial charge in [-0.25, -0.2) is 4.98 Å². The number of hydrogen-bond donors (Lipinski definition) is 1. The molecule has 3 rings (SSSR count). The van der Waals surface area contributed by atoms with Crippen LogP contribution in [0.5, 0.6) is 0 Å². The molecule has 1 aromatic heterocycles. The summed E-state index contributed by atoms with van der Waals surface area (Å²) in [6, 6.07) is 0. The van der Waals surface area contributed by atoms with Gasteiger partial charge in [0.05, 0.1) is 5.69 Å². The van der Waals surface area contributed by atoms with Crippen LogP contribution in [-0.4, -0.2) is 78.3 Å². The molecule has 2 fully saturated rings. The fourth-order valence-electron chi connectivity index (χ4n) is 4.10. The lowest BCUT2D eigenvalue weighted by Crippen LogP contribution is -2.55. The number of aryl methyl sites for hydroxylation is 1. The number of carbonyl (C=O) groups excluding carboxylic acids is 2. The normalized spacial score (nSPS) is 23.9. The van der Waals surface area contributed by atoms with Crippen LogP contribution in [0, 0.1) is 12.3 Å². The number of thiazole rings is 1. The predicted molar refractivity (Wildman–Crippen MR) is 103 cm³/mol. The van der Waals surface area contributed by atoms with Gasteiger partial charge in [0, 0.05) is 44.6 Å². The molecule has 144 valence electrons. The molecule has 0 saturated carbocycles. The van der Waals surface area contributed by atoms with Gasteiger partial charge in [0.2, 0.25) is 5.91 Å². The van der Waals surface area contributed by atoms with Crippen LogP contribution in [0.3, 0.4) is 0 Å². The number of nitrogens with zero attached hydrogens (tertiary/aromatic N) is 4. The number of likely N-dealkylation sites (N-methyl/N-ethyl adjacent to an activating group) is 1. The van der Waals surface area contributed by atoms with Crippen molar-refractivity contribution < 1.29 is 9.59 Å². The molecule has 1 aromatic rings. The first-order valence-corrected chi connectivity index (χ1v) is 10.1. The Bertz CT molecular complexity index is 689. The van der Waals surface area contributed by atoms with E-state index in [2.05, 4.69) is 9.88 Å². The second kappa shape index (κ2) is 7.52. The highest BCUT2D eigenvalue weighted by Crippen LogP contribution is 2.39. The summed E-state index contributed by atoms with van der Waals surface area (Å²) in [5.74, 6) is 0.277. The van der Waals surface area contributed by atoms with Crippen LogP contribution >= 0.6 is 11.3 Å². The Morgan fingerprint density at radius 1 is 1.35 bits per heavy atom. The number of aromatic nitrogens is 1. The molecule has 7 nitrogen and oxygen atoms in total. The van der Waals surface area contributed by atoms with Crippen molar-refractivity contribution in [2.24, 2.45) is 5.41 Å². The Kier molecular flexibility index (Phi) is 5.53. The largest absolute Gasteiger partial charge is 0.375 e. The second-order valence-electron chi connectivity index (χ2n) is 7.92. The summed E-state index contributed by atoms with van der Waals surface area (Å²) in [7, 11) is 4.04. The maximum atomic E-state index is 13.0. The summed E-state index contributed by atoms with van der Waals surface area (Å²) in [5.41, 5.74) is 6.50. The van der Waals surface area contributed by atoms with Crippen molar-refractivity contribution in [3.05, 3.63) is 10.6 Å². The summed E-state index contributed by atoms with van der Waals surface area (Å²) in [6.07, 6.45) is 3.51. The first-order valence-electron chi connectivity index (χ1n) is 9.24. The second-order valence-corrected chi connectivity index (χ2v) is 8.95. The molecule has 2 N–H and O–H groups in total. The van der Waals surface area contributed by atoms with Gasteiger partial charge in [0.15, 0.2) is 5.13 Å². The first-order chi connectivity index (χ1) is 12.3. The van der Waals surface area contributed by atoms with Crippen molar-refractivity contribution in [1.29, 1.82) is 0 Å². The standard InChI is InChI=1S/C18H29N5O2S/c1-13-15(26-17(19)20-13)16(25)23-8-4-6-18(12-23)7-5-14(24)22(11-18)10-9-21(2)3/h4-12H2,1-3H3,(H2,19,20)/t18-/m0/s1. The van der Waals surface area contributed by atoms with Crippen LogP contribution in [0.25, 0.3) is 0 Å². The van der Waals surface area contributed by atoms with E-state index in [1.54, 1.807) is 0 Å². The van der Waals surface area contributed by atoms with Gasteiger partial charge >= 0.3 is 0 Å². The number of nitrogen functional groups attached to an aromatic ring is 1. The zero-order chi connectivity index (χ0) is 18.9. The number of carbonyl (C=O) groups is 2. The summed E-state index contributed by atoms with van der Waals surface area (Å²) in [5, 5.41) is 0.440. The third kappa shape index (κ3) is 4.01. The molecular weight excluding hydrogens is 350 g/mol. The molecule has 2 amide bonds. The maximum Gasteiger partial charge on any atom is 0.265 e. The van der Waals surface area contributed by atoms with E-state index in [4.69, 9.17) is 5.73 Å². The zero-order valence-electron chi connectivity index (χ0n) is 16.0. The fraction of sp³-hybridized carbons (Fsp3) is 0.722. The molecule has 26 heavy (non-hydrogen) atoms. The van der Waals surface area contributed by atoms with Crippen LogP contribution < -0.4 is 5.73 Å². The van der Waals surface area contributed by atoms with Gasteiger partial charge in [0.25, 0.3) is 5.91 Å². The van der Waals surface area contributed by atoms with E-state index in [1.165, 1.54) is 11.3 Å². The number of likely N-dealkylation sites (tertiary alicyclic amines) is 2. The van der Waals surface area contributed by atoms with Gasteiger partial charge in [-0.3, -0.25) is 9.59 Å². The minimum atomic E-state index is 0.0261. The van der Waals surface area contributed by atoms with Crippen LogP contribution in [0.1, 0.15) is 41.0 Å². The molecule has 0 bridgehead atoms. The van der Waals surface area contributed by atoms with Crippen molar-refractivity contribution in [1.82, 2.24) is 19.7 Å². The number of piperidine rings is 2. The van der Waals surface area contributed by atoms with E-state index in [1.807, 2.05) is 30.8 Å². The summed E-state index contributed by atoms with van der Waals surface area (Å²) < 4.78 is 0. The van der Waals surface area contributed by atoms with E-state index in [0.717, 1.165) is 52.0 Å². The van der Waals surface area contributed by atoms with Crippen LogP contribution in [0.15, 0.2) is 0 Å². The molecule has 0 aromatic carbocycles. The average Bonchev–Trinajstić information content (AvgIpc) is 2.93. The van der Waals surface area contributed by atoms with Gasteiger partial charge in [-0.15, -0.1) is 0 Å². The van der Waals surface area contributed by atoms with Crippen molar-refractivity contribution in [3.63, 3.8) is 0 Å². The fourth-order valence-corrected chi connectivity index (χ4v) is 4.90. The number of amides is 2. The Hall–Kier alpha value is -1.67. The molecular formula is C18H29N5O2S. The van der Waals surface area contributed by atoms with E-state index in [0.29, 0.717) is 22.1 Å². The number of anilines is 1. The lowest BCUT2D eigenvalue weighted by Gasteiger charge is -2.48. The number of nitrogens with two attached hydrogens (primary N) is 1. The Morgan fingerprint density at radius 2 is 2.12 bits per heavy atom. The molecule has 2 aliphatic heterocycles. The van der Waals surface area contributed by atoms with E-state index < -0.39 is 0 Å². The summed E-state index contributed by atoms with van der Waals surface area (Å²) in [6.45, 7) is 5.70. The minimum absolute atomic E-state index is 0.0261. The van der Waals surface area contributed by atoms with Crippen molar-refractivity contribution >= 4 is 28.3 Å². The Labute approximate surface area is 159 Å². The first kappa shape index (κ1) is 19.1. The minimum Gasteiger partial charge on any atom is -0.375 e. The molecule has 3 heterocycles. The SMILES string of the molecule is Cc1nc(N)sc1C(=O)N1CCC[C@@]2(CCC(=O)N(CCN(C)C)C2)C1. The average molecular weight is 380 g/mol. The molecule has 0 radical (unpaired) electrons. The highest BCUT2D eigenvalue weighted by molar-refractivity contribution is 7.17. The zero-order valence-corrected chi connectivity index (χ0v) is 16.8. The highest BCUT2D eigenvalue weighted by atomic mass is 32.1. The third-order valence-corrected chi connectivity index (χ3v) is 6.50. The molecule has 1 spiro atoms. The maximum absolute atomic E-state index is 13.0. The lowest BCUT2D eigenvalue weighted by molar-refractivity contribution is -0.139. The van der Waals surface area contributed by atoms with E-state index in [9.17, 15) is 9.59 Å². The highest BCUT2D eigenvalue weighted by Gasteiger charge is 2.43. The van der Waals surface area contributed by atoms with Crippen LogP contribution in [0.4, 0.5) is 5.13 Å². The van der Waals surface area contributed by atoms with Crippen molar-refractivity contribution in [3.8, 4) is 0 Å². The summed E-state index contributed by atoms with van der Waals surface area (Å²) >= 11 is 1.27. The van der Waals surface area contributed by atoms with Gasteiger partial charge < -0.3 is 20.4 Å². The van der Waals surface area contributed by atoms with E-state index in [-0.39, 0.29) is 17.2 Å². The number of rotatable bonds is 4. The van der Waals surface area contributed by atoms with Gasteiger partial charge in [-0.1, -0.05) is 11.3 Å². The molecule has 0 aliphatic carbocycles. The lowest BCUT2D eigenvalue weighted by atomic mass is 9.73. The van der Waals surface area contributed by atoms with Gasteiger partial charge in [-0.2, -0.15) is 0 Å². The molecule has 2 aliphatic rings. The van der Waals surface area contributed by atoms with Crippen LogP contribution in [0.2, 0.25) is 0 Å². The molecule has 2 saturated heterocycles.